The van der Waals surface area contributed by atoms with Gasteiger partial charge >= 0.3 is 0 Å². The first kappa shape index (κ1) is 8.93. The van der Waals surface area contributed by atoms with Crippen molar-refractivity contribution < 1.29 is 0 Å². The summed E-state index contributed by atoms with van der Waals surface area (Å²) in [5.41, 5.74) is 0.887. The summed E-state index contributed by atoms with van der Waals surface area (Å²) in [5, 5.41) is 8.40. The van der Waals surface area contributed by atoms with E-state index >= 15 is 0 Å². The smallest absolute Gasteiger partial charge is 0.163 e. The summed E-state index contributed by atoms with van der Waals surface area (Å²) >= 11 is 0. The molecule has 1 N–H and O–H groups in total. The van der Waals surface area contributed by atoms with Crippen LogP contribution in [0.5, 0.6) is 0 Å². The molecule has 0 saturated carbocycles. The fourth-order valence-electron chi connectivity index (χ4n) is 1.43. The molecule has 0 spiro atoms. The maximum atomic E-state index is 4.23. The minimum absolute atomic E-state index is 0.825. The highest BCUT2D eigenvalue weighted by Crippen LogP contribution is 2.17. The lowest BCUT2D eigenvalue weighted by atomic mass is 10.4. The average molecular weight is 191 g/mol. The van der Waals surface area contributed by atoms with Crippen molar-refractivity contribution in [1.29, 1.82) is 0 Å². The van der Waals surface area contributed by atoms with Crippen molar-refractivity contribution in [1.82, 2.24) is 19.7 Å². The number of hydrogen-bond acceptors (Lipinski definition) is 4. The van der Waals surface area contributed by atoms with E-state index in [-0.39, 0.29) is 0 Å². The minimum Gasteiger partial charge on any atom is -0.370 e. The van der Waals surface area contributed by atoms with Crippen LogP contribution in [0.3, 0.4) is 0 Å². The quantitative estimate of drug-likeness (QED) is 0.794. The first-order valence-corrected chi connectivity index (χ1v) is 4.77. The first-order valence-electron chi connectivity index (χ1n) is 4.77. The molecule has 0 saturated heterocycles. The van der Waals surface area contributed by atoms with Crippen molar-refractivity contribution in [3.63, 3.8) is 0 Å². The molecule has 0 bridgehead atoms. The molecule has 0 aromatic carbocycles. The monoisotopic (exact) mass is 191 g/mol. The van der Waals surface area contributed by atoms with Gasteiger partial charge in [0.25, 0.3) is 0 Å². The molecule has 5 heteroatoms. The summed E-state index contributed by atoms with van der Waals surface area (Å²) in [6, 6.07) is 0. The molecule has 0 atom stereocenters. The Balaban J connectivity index is 2.58. The minimum atomic E-state index is 0.825. The van der Waals surface area contributed by atoms with E-state index in [2.05, 4.69) is 20.4 Å². The molecule has 2 heterocycles. The van der Waals surface area contributed by atoms with Crippen LogP contribution in [-0.4, -0.2) is 26.3 Å². The molecular weight excluding hydrogens is 178 g/mol. The lowest BCUT2D eigenvalue weighted by molar-refractivity contribution is 0.676. The Morgan fingerprint density at radius 1 is 1.36 bits per heavy atom. The molecule has 0 unspecified atom stereocenters. The molecule has 2 aromatic heterocycles. The summed E-state index contributed by atoms with van der Waals surface area (Å²) in [6.07, 6.45) is 3.37. The topological polar surface area (TPSA) is 55.6 Å². The Bertz CT molecular complexity index is 434. The maximum Gasteiger partial charge on any atom is 0.163 e. The molecule has 0 aliphatic carbocycles. The van der Waals surface area contributed by atoms with Crippen molar-refractivity contribution in [2.45, 2.75) is 20.4 Å². The van der Waals surface area contributed by atoms with Gasteiger partial charge < -0.3 is 5.32 Å². The third-order valence-corrected chi connectivity index (χ3v) is 2.08. The van der Waals surface area contributed by atoms with Crippen LogP contribution < -0.4 is 5.32 Å². The van der Waals surface area contributed by atoms with Gasteiger partial charge in [-0.2, -0.15) is 5.10 Å². The molecule has 14 heavy (non-hydrogen) atoms. The van der Waals surface area contributed by atoms with Gasteiger partial charge in [0.05, 0.1) is 11.6 Å². The Morgan fingerprint density at radius 2 is 2.21 bits per heavy atom. The van der Waals surface area contributed by atoms with E-state index in [9.17, 15) is 0 Å². The Morgan fingerprint density at radius 3 is 2.93 bits per heavy atom. The number of aryl methyl sites for hydroxylation is 1. The van der Waals surface area contributed by atoms with Crippen LogP contribution in [0, 0.1) is 0 Å². The number of nitrogens with zero attached hydrogens (tertiary/aromatic N) is 4. The number of rotatable bonds is 3. The number of aromatic nitrogens is 4. The molecule has 5 nitrogen and oxygen atoms in total. The average Bonchev–Trinajstić information content (AvgIpc) is 2.62. The van der Waals surface area contributed by atoms with Crippen LogP contribution in [0.1, 0.15) is 13.8 Å². The molecule has 0 aliphatic heterocycles. The lowest BCUT2D eigenvalue weighted by Gasteiger charge is -2.02. The molecule has 2 aromatic rings. The number of fused-ring (bicyclic) bond motifs is 1. The van der Waals surface area contributed by atoms with E-state index < -0.39 is 0 Å². The van der Waals surface area contributed by atoms with Crippen molar-refractivity contribution >= 4 is 16.9 Å². The van der Waals surface area contributed by atoms with Gasteiger partial charge in [-0.15, -0.1) is 0 Å². The zero-order valence-corrected chi connectivity index (χ0v) is 8.36. The fourth-order valence-corrected chi connectivity index (χ4v) is 1.43. The lowest BCUT2D eigenvalue weighted by Crippen LogP contribution is -2.01. The maximum absolute atomic E-state index is 4.23. The highest BCUT2D eigenvalue weighted by molar-refractivity contribution is 5.85. The van der Waals surface area contributed by atoms with Crippen molar-refractivity contribution in [2.75, 3.05) is 11.9 Å². The van der Waals surface area contributed by atoms with Crippen molar-refractivity contribution in [2.24, 2.45) is 0 Å². The fraction of sp³-hybridized carbons (Fsp3) is 0.444. The molecular formula is C9H13N5. The summed E-state index contributed by atoms with van der Waals surface area (Å²) in [6.45, 7) is 5.76. The zero-order chi connectivity index (χ0) is 9.97. The first-order chi connectivity index (χ1) is 6.86. The van der Waals surface area contributed by atoms with Gasteiger partial charge in [0.2, 0.25) is 0 Å². The molecule has 0 fully saturated rings. The highest BCUT2D eigenvalue weighted by Gasteiger charge is 2.06. The molecule has 2 rings (SSSR count). The predicted octanol–water partition coefficient (Wildman–Crippen LogP) is 1.28. The van der Waals surface area contributed by atoms with Crippen molar-refractivity contribution in [3.8, 4) is 0 Å². The predicted molar refractivity (Wildman–Crippen MR) is 55.2 cm³/mol. The van der Waals surface area contributed by atoms with E-state index in [0.717, 1.165) is 29.9 Å². The Labute approximate surface area is 82.2 Å². The summed E-state index contributed by atoms with van der Waals surface area (Å²) in [5.74, 6) is 0.859. The second kappa shape index (κ2) is 3.61. The second-order valence-corrected chi connectivity index (χ2v) is 2.95. The van der Waals surface area contributed by atoms with Crippen LogP contribution in [-0.2, 0) is 6.54 Å². The van der Waals surface area contributed by atoms with E-state index in [0.29, 0.717) is 0 Å². The van der Waals surface area contributed by atoms with E-state index in [4.69, 9.17) is 0 Å². The summed E-state index contributed by atoms with van der Waals surface area (Å²) in [7, 11) is 0. The highest BCUT2D eigenvalue weighted by atomic mass is 15.3. The number of anilines is 1. The summed E-state index contributed by atoms with van der Waals surface area (Å²) < 4.78 is 1.86. The second-order valence-electron chi connectivity index (χ2n) is 2.95. The van der Waals surface area contributed by atoms with Crippen LogP contribution in [0.25, 0.3) is 11.0 Å². The van der Waals surface area contributed by atoms with Crippen molar-refractivity contribution in [3.05, 3.63) is 12.5 Å². The van der Waals surface area contributed by atoms with Crippen LogP contribution >= 0.6 is 0 Å². The zero-order valence-electron chi connectivity index (χ0n) is 8.36. The van der Waals surface area contributed by atoms with Gasteiger partial charge in [0, 0.05) is 13.1 Å². The molecule has 0 radical (unpaired) electrons. The van der Waals surface area contributed by atoms with Gasteiger partial charge in [-0.1, -0.05) is 0 Å². The van der Waals surface area contributed by atoms with Crippen LogP contribution in [0.15, 0.2) is 12.5 Å². The van der Waals surface area contributed by atoms with Crippen LogP contribution in [0.4, 0.5) is 5.82 Å². The molecule has 74 valence electrons. The standard InChI is InChI=1S/C9H13N5/c1-3-10-8-7-5-13-14(4-2)9(7)12-6-11-8/h5-6H,3-4H2,1-2H3,(H,10,11,12). The van der Waals surface area contributed by atoms with Gasteiger partial charge in [0.15, 0.2) is 5.65 Å². The van der Waals surface area contributed by atoms with E-state index in [1.54, 1.807) is 12.5 Å². The molecule has 0 aliphatic rings. The Kier molecular flexibility index (Phi) is 2.30. The summed E-state index contributed by atoms with van der Waals surface area (Å²) in [4.78, 5) is 8.37. The normalized spacial score (nSPS) is 10.7. The third kappa shape index (κ3) is 1.30. The van der Waals surface area contributed by atoms with Gasteiger partial charge in [-0.3, -0.25) is 0 Å². The number of nitrogens with one attached hydrogen (secondary N) is 1. The molecule has 0 amide bonds. The third-order valence-electron chi connectivity index (χ3n) is 2.08. The van der Waals surface area contributed by atoms with E-state index in [1.807, 2.05) is 18.5 Å². The largest absolute Gasteiger partial charge is 0.370 e. The van der Waals surface area contributed by atoms with Crippen LogP contribution in [0.2, 0.25) is 0 Å². The Hall–Kier alpha value is -1.65. The number of hydrogen-bond donors (Lipinski definition) is 1. The van der Waals surface area contributed by atoms with Gasteiger partial charge in [-0.05, 0) is 13.8 Å². The van der Waals surface area contributed by atoms with Gasteiger partial charge in [-0.25, -0.2) is 14.6 Å². The van der Waals surface area contributed by atoms with Gasteiger partial charge in [0.1, 0.15) is 12.1 Å². The van der Waals surface area contributed by atoms with E-state index in [1.165, 1.54) is 0 Å². The SMILES string of the molecule is CCNc1ncnc2c1cnn2CC.